The molecule has 0 atom stereocenters. The topological polar surface area (TPSA) is 17.3 Å². The van der Waals surface area contributed by atoms with E-state index in [-0.39, 0.29) is 60.2 Å². The fraction of sp³-hybridized carbons (Fsp3) is 0. The van der Waals surface area contributed by atoms with Crippen LogP contribution in [0.15, 0.2) is 54.7 Å². The second-order valence-corrected chi connectivity index (χ2v) is 4.11. The Bertz CT molecular complexity index is 785. The summed E-state index contributed by atoms with van der Waals surface area (Å²) in [5, 5.41) is 8.07. The number of nitrogens with zero attached hydrogens (tertiary/aromatic N) is 2. The van der Waals surface area contributed by atoms with E-state index in [1.807, 2.05) is 28.9 Å². The molecule has 20 heavy (non-hydrogen) atoms. The molecule has 2 heterocycles. The molecule has 0 fully saturated rings. The third kappa shape index (κ3) is 2.49. The number of rotatable bonds is 0. The molecule has 2 aromatic heterocycles. The van der Waals surface area contributed by atoms with E-state index < -0.39 is 0 Å². The van der Waals surface area contributed by atoms with Crippen molar-refractivity contribution in [1.82, 2.24) is 9.61 Å². The summed E-state index contributed by atoms with van der Waals surface area (Å²) in [4.78, 5) is 0. The quantitative estimate of drug-likeness (QED) is 0.258. The molecule has 4 rings (SSSR count). The minimum atomic E-state index is 0. The maximum atomic E-state index is 4.38. The average molecular weight is 513 g/mol. The van der Waals surface area contributed by atoms with Crippen LogP contribution in [-0.2, 0) is 52.8 Å². The number of aromatic nitrogens is 2. The molecule has 0 aliphatic rings. The van der Waals surface area contributed by atoms with Crippen LogP contribution in [0.3, 0.4) is 0 Å². The molecular weight excluding hydrogens is 501 g/mol. The monoisotopic (exact) mass is 514 g/mol. The second-order valence-electron chi connectivity index (χ2n) is 4.11. The van der Waals surface area contributed by atoms with E-state index in [0.29, 0.717) is 0 Å². The van der Waals surface area contributed by atoms with Crippen LogP contribution < -0.4 is 0 Å². The Morgan fingerprint density at radius 3 is 2.40 bits per heavy atom. The van der Waals surface area contributed by atoms with Crippen molar-refractivity contribution >= 4 is 27.2 Å². The van der Waals surface area contributed by atoms with Crippen LogP contribution >= 0.6 is 0 Å². The molecule has 0 unspecified atom stereocenters. The summed E-state index contributed by atoms with van der Waals surface area (Å²) in [6.07, 6.45) is 1.84. The molecule has 0 aliphatic heterocycles. The van der Waals surface area contributed by atoms with Crippen molar-refractivity contribution in [1.29, 1.82) is 0 Å². The molecule has 0 aliphatic carbocycles. The number of para-hydroxylation sites is 1. The van der Waals surface area contributed by atoms with Crippen molar-refractivity contribution in [3.63, 3.8) is 0 Å². The molecule has 0 bridgehead atoms. The number of hydrogen-bond acceptors (Lipinski definition) is 1. The van der Waals surface area contributed by atoms with Crippen LogP contribution in [0.4, 0.5) is 0 Å². The molecule has 2 radical (unpaired) electrons. The minimum Gasteiger partial charge on any atom is -0.358 e. The van der Waals surface area contributed by atoms with Gasteiger partial charge in [0, 0.05) is 59.0 Å². The SMILES string of the molecule is [CH3-].[Ir].[Y].[c-]1cccc2c3ccccc3c3ccnn3c12. The third-order valence-corrected chi connectivity index (χ3v) is 3.18. The van der Waals surface area contributed by atoms with E-state index >= 15 is 0 Å². The summed E-state index contributed by atoms with van der Waals surface area (Å²) < 4.78 is 1.96. The number of benzene rings is 2. The summed E-state index contributed by atoms with van der Waals surface area (Å²) in [7, 11) is 0. The molecule has 0 spiro atoms. The van der Waals surface area contributed by atoms with Crippen LogP contribution in [0.25, 0.3) is 27.2 Å². The minimum absolute atomic E-state index is 0. The van der Waals surface area contributed by atoms with Crippen molar-refractivity contribution in [2.45, 2.75) is 0 Å². The van der Waals surface area contributed by atoms with Gasteiger partial charge in [-0.05, 0) is 17.0 Å². The van der Waals surface area contributed by atoms with E-state index in [0.717, 1.165) is 11.0 Å². The largest absolute Gasteiger partial charge is 0.358 e. The van der Waals surface area contributed by atoms with Crippen molar-refractivity contribution in [3.8, 4) is 0 Å². The first-order valence-electron chi connectivity index (χ1n) is 5.60. The molecule has 4 aromatic rings. The Labute approximate surface area is 156 Å². The van der Waals surface area contributed by atoms with Crippen molar-refractivity contribution in [2.75, 3.05) is 0 Å². The Kier molecular flexibility index (Phi) is 6.03. The molecule has 100 valence electrons. The van der Waals surface area contributed by atoms with Crippen molar-refractivity contribution < 1.29 is 52.8 Å². The molecule has 0 amide bonds. The van der Waals surface area contributed by atoms with Crippen LogP contribution in [0, 0.1) is 13.5 Å². The van der Waals surface area contributed by atoms with Gasteiger partial charge in [0.25, 0.3) is 0 Å². The zero-order valence-electron chi connectivity index (χ0n) is 11.0. The number of hydrogen-bond donors (Lipinski definition) is 0. The predicted octanol–water partition coefficient (Wildman–Crippen LogP) is 3.89. The van der Waals surface area contributed by atoms with Crippen LogP contribution in [-0.4, -0.2) is 9.61 Å². The van der Waals surface area contributed by atoms with E-state index in [1.165, 1.54) is 16.2 Å². The Hall–Kier alpha value is -0.597. The predicted molar refractivity (Wildman–Crippen MR) is 75.5 cm³/mol. The van der Waals surface area contributed by atoms with Gasteiger partial charge in [0.15, 0.2) is 0 Å². The number of fused-ring (bicyclic) bond motifs is 6. The normalized spacial score (nSPS) is 9.80. The van der Waals surface area contributed by atoms with Gasteiger partial charge in [-0.1, -0.05) is 29.7 Å². The van der Waals surface area contributed by atoms with E-state index in [1.54, 1.807) is 0 Å². The van der Waals surface area contributed by atoms with E-state index in [9.17, 15) is 0 Å². The van der Waals surface area contributed by atoms with E-state index in [2.05, 4.69) is 41.5 Å². The number of pyridine rings is 1. The van der Waals surface area contributed by atoms with Gasteiger partial charge in [-0.15, -0.1) is 5.39 Å². The molecule has 4 heteroatoms. The molecular formula is C16H12IrN2Y-2. The summed E-state index contributed by atoms with van der Waals surface area (Å²) in [5.74, 6) is 0. The van der Waals surface area contributed by atoms with Crippen LogP contribution in [0.2, 0.25) is 0 Å². The fourth-order valence-electron chi connectivity index (χ4n) is 2.45. The molecule has 0 saturated heterocycles. The second kappa shape index (κ2) is 6.91. The first-order chi connectivity index (χ1) is 8.45. The first-order valence-corrected chi connectivity index (χ1v) is 5.60. The summed E-state index contributed by atoms with van der Waals surface area (Å²) in [6, 6.07) is 19.8. The van der Waals surface area contributed by atoms with Gasteiger partial charge < -0.3 is 7.43 Å². The standard InChI is InChI=1S/C15H9N2.CH3.Ir.Y/c1-2-6-13-11(5-1)12-7-3-4-8-14(12)17-15(13)9-10-16-17;;;/h1-7,9-10H;1H3;;/q2*-1;;. The molecule has 0 saturated carbocycles. The third-order valence-electron chi connectivity index (χ3n) is 3.18. The zero-order chi connectivity index (χ0) is 11.2. The fourth-order valence-corrected chi connectivity index (χ4v) is 2.45. The van der Waals surface area contributed by atoms with Gasteiger partial charge in [0.1, 0.15) is 0 Å². The Balaban J connectivity index is 0.000000667. The van der Waals surface area contributed by atoms with Gasteiger partial charge in [-0.2, -0.15) is 29.4 Å². The van der Waals surface area contributed by atoms with Crippen molar-refractivity contribution in [3.05, 3.63) is 68.2 Å². The first kappa shape index (κ1) is 17.5. The van der Waals surface area contributed by atoms with Crippen LogP contribution in [0.5, 0.6) is 0 Å². The average Bonchev–Trinajstić information content (AvgIpc) is 2.89. The van der Waals surface area contributed by atoms with Gasteiger partial charge in [0.2, 0.25) is 0 Å². The maximum Gasteiger partial charge on any atom is 0.0711 e. The Morgan fingerprint density at radius 1 is 0.900 bits per heavy atom. The summed E-state index contributed by atoms with van der Waals surface area (Å²) >= 11 is 0. The molecule has 2 aromatic carbocycles. The van der Waals surface area contributed by atoms with Gasteiger partial charge in [-0.25, -0.2) is 0 Å². The van der Waals surface area contributed by atoms with E-state index in [4.69, 9.17) is 0 Å². The smallest absolute Gasteiger partial charge is 0.0711 e. The van der Waals surface area contributed by atoms with Gasteiger partial charge in [-0.3, -0.25) is 4.52 Å². The van der Waals surface area contributed by atoms with Crippen LogP contribution in [0.1, 0.15) is 0 Å². The van der Waals surface area contributed by atoms with Gasteiger partial charge in [0.05, 0.1) is 5.52 Å². The summed E-state index contributed by atoms with van der Waals surface area (Å²) in [6.45, 7) is 0. The van der Waals surface area contributed by atoms with Crippen molar-refractivity contribution in [2.24, 2.45) is 0 Å². The maximum absolute atomic E-state index is 4.38. The molecule has 2 nitrogen and oxygen atoms in total. The van der Waals surface area contributed by atoms with Gasteiger partial charge >= 0.3 is 0 Å². The molecule has 0 N–H and O–H groups in total. The zero-order valence-corrected chi connectivity index (χ0v) is 16.2. The summed E-state index contributed by atoms with van der Waals surface area (Å²) in [5.41, 5.74) is 2.17. The Morgan fingerprint density at radius 2 is 1.60 bits per heavy atom.